The maximum Gasteiger partial charge on any atom is 0.149 e. The zero-order valence-electron chi connectivity index (χ0n) is 9.59. The molecule has 1 aliphatic carbocycles. The molecule has 92 valence electrons. The molecule has 0 unspecified atom stereocenters. The fraction of sp³-hybridized carbons (Fsp3) is 0.538. The van der Waals surface area contributed by atoms with Gasteiger partial charge in [-0.25, -0.2) is 4.39 Å². The lowest BCUT2D eigenvalue weighted by molar-refractivity contribution is 0.122. The van der Waals surface area contributed by atoms with E-state index in [2.05, 4.69) is 33.6 Å². The van der Waals surface area contributed by atoms with Crippen molar-refractivity contribution >= 4 is 28.3 Å². The van der Waals surface area contributed by atoms with E-state index in [4.69, 9.17) is 4.74 Å². The zero-order valence-corrected chi connectivity index (χ0v) is 11.7. The molecule has 0 aromatic heterocycles. The molecule has 1 saturated heterocycles. The maximum atomic E-state index is 14.4. The topological polar surface area (TPSA) is 12.5 Å². The van der Waals surface area contributed by atoms with E-state index in [1.54, 1.807) is 0 Å². The SMILES string of the molecule is Fc1c(N2CCOCC2)ccc2c1CC[C@@H]2I. The Labute approximate surface area is 114 Å². The van der Waals surface area contributed by atoms with E-state index in [9.17, 15) is 4.39 Å². The first kappa shape index (κ1) is 11.7. The standard InChI is InChI=1S/C13H15FINO/c14-13-10-1-3-11(15)9(10)2-4-12(13)16-5-7-17-8-6-16/h2,4,11H,1,3,5-8H2/t11-/m0/s1. The van der Waals surface area contributed by atoms with Gasteiger partial charge < -0.3 is 9.64 Å². The number of nitrogens with zero attached hydrogens (tertiary/aromatic N) is 1. The first-order valence-corrected chi connectivity index (χ1v) is 7.30. The van der Waals surface area contributed by atoms with Gasteiger partial charge in [-0.3, -0.25) is 0 Å². The van der Waals surface area contributed by atoms with Crippen molar-refractivity contribution in [3.63, 3.8) is 0 Å². The van der Waals surface area contributed by atoms with Crippen LogP contribution in [0.2, 0.25) is 0 Å². The van der Waals surface area contributed by atoms with E-state index in [0.717, 1.165) is 37.2 Å². The summed E-state index contributed by atoms with van der Waals surface area (Å²) in [6.45, 7) is 2.99. The quantitative estimate of drug-likeness (QED) is 0.572. The predicted octanol–water partition coefficient (Wildman–Crippen LogP) is 3.08. The fourth-order valence-corrected chi connectivity index (χ4v) is 3.54. The highest BCUT2D eigenvalue weighted by Gasteiger charge is 2.26. The van der Waals surface area contributed by atoms with Gasteiger partial charge in [0.1, 0.15) is 5.82 Å². The molecule has 17 heavy (non-hydrogen) atoms. The van der Waals surface area contributed by atoms with Crippen molar-refractivity contribution < 1.29 is 9.13 Å². The number of morpholine rings is 1. The normalized spacial score (nSPS) is 23.9. The van der Waals surface area contributed by atoms with Crippen LogP contribution in [0.3, 0.4) is 0 Å². The Bertz CT molecular complexity index is 432. The van der Waals surface area contributed by atoms with E-state index in [0.29, 0.717) is 17.1 Å². The van der Waals surface area contributed by atoms with Crippen molar-refractivity contribution in [1.82, 2.24) is 0 Å². The Morgan fingerprint density at radius 1 is 1.29 bits per heavy atom. The second-order valence-electron chi connectivity index (χ2n) is 4.57. The number of hydrogen-bond acceptors (Lipinski definition) is 2. The molecular weight excluding hydrogens is 332 g/mol. The summed E-state index contributed by atoms with van der Waals surface area (Å²) in [5, 5.41) is 0. The minimum Gasteiger partial charge on any atom is -0.378 e. The summed E-state index contributed by atoms with van der Waals surface area (Å²) in [5.74, 6) is 0.00330. The molecule has 1 fully saturated rings. The van der Waals surface area contributed by atoms with Crippen LogP contribution in [-0.2, 0) is 11.2 Å². The number of halogens is 2. The molecule has 2 nitrogen and oxygen atoms in total. The van der Waals surface area contributed by atoms with Gasteiger partial charge in [0.2, 0.25) is 0 Å². The fourth-order valence-electron chi connectivity index (χ4n) is 2.65. The third kappa shape index (κ3) is 2.05. The van der Waals surface area contributed by atoms with Crippen LogP contribution in [-0.4, -0.2) is 26.3 Å². The Hall–Kier alpha value is -0.360. The number of alkyl halides is 1. The highest BCUT2D eigenvalue weighted by Crippen LogP contribution is 2.41. The van der Waals surface area contributed by atoms with Crippen LogP contribution in [0.5, 0.6) is 0 Å². The number of hydrogen-bond donors (Lipinski definition) is 0. The maximum absolute atomic E-state index is 14.4. The van der Waals surface area contributed by atoms with E-state index < -0.39 is 0 Å². The molecule has 0 spiro atoms. The van der Waals surface area contributed by atoms with Gasteiger partial charge in [-0.05, 0) is 30.0 Å². The summed E-state index contributed by atoms with van der Waals surface area (Å²) in [4.78, 5) is 2.10. The highest BCUT2D eigenvalue weighted by molar-refractivity contribution is 14.1. The Kier molecular flexibility index (Phi) is 3.25. The van der Waals surface area contributed by atoms with Crippen LogP contribution in [0.4, 0.5) is 10.1 Å². The van der Waals surface area contributed by atoms with Crippen molar-refractivity contribution in [3.8, 4) is 0 Å². The van der Waals surface area contributed by atoms with Gasteiger partial charge in [0.25, 0.3) is 0 Å². The van der Waals surface area contributed by atoms with Gasteiger partial charge in [0.15, 0.2) is 0 Å². The lowest BCUT2D eigenvalue weighted by Gasteiger charge is -2.29. The van der Waals surface area contributed by atoms with Crippen LogP contribution in [0.1, 0.15) is 21.5 Å². The molecule has 4 heteroatoms. The molecule has 1 aromatic rings. The van der Waals surface area contributed by atoms with Crippen molar-refractivity contribution in [1.29, 1.82) is 0 Å². The molecule has 1 heterocycles. The third-order valence-corrected chi connectivity index (χ3v) is 4.89. The molecule has 0 N–H and O–H groups in total. The molecule has 0 amide bonds. The van der Waals surface area contributed by atoms with E-state index >= 15 is 0 Å². The third-order valence-electron chi connectivity index (χ3n) is 3.60. The largest absolute Gasteiger partial charge is 0.378 e. The summed E-state index contributed by atoms with van der Waals surface area (Å²) in [7, 11) is 0. The minimum atomic E-state index is 0.00330. The lowest BCUT2D eigenvalue weighted by Crippen LogP contribution is -2.36. The van der Waals surface area contributed by atoms with E-state index in [1.807, 2.05) is 6.07 Å². The molecule has 3 rings (SSSR count). The van der Waals surface area contributed by atoms with Gasteiger partial charge >= 0.3 is 0 Å². The Morgan fingerprint density at radius 2 is 2.06 bits per heavy atom. The zero-order chi connectivity index (χ0) is 11.8. The number of anilines is 1. The van der Waals surface area contributed by atoms with Crippen LogP contribution < -0.4 is 4.90 Å². The summed E-state index contributed by atoms with van der Waals surface area (Å²) < 4.78 is 20.2. The second kappa shape index (κ2) is 4.72. The highest BCUT2D eigenvalue weighted by atomic mass is 127. The van der Waals surface area contributed by atoms with Gasteiger partial charge in [-0.15, -0.1) is 0 Å². The Balaban J connectivity index is 1.96. The van der Waals surface area contributed by atoms with Crippen LogP contribution in [0.15, 0.2) is 12.1 Å². The first-order chi connectivity index (χ1) is 8.27. The van der Waals surface area contributed by atoms with Crippen molar-refractivity contribution in [2.75, 3.05) is 31.2 Å². The van der Waals surface area contributed by atoms with Crippen LogP contribution >= 0.6 is 22.6 Å². The average Bonchev–Trinajstić information content (AvgIpc) is 2.74. The summed E-state index contributed by atoms with van der Waals surface area (Å²) in [5.41, 5.74) is 2.89. The van der Waals surface area contributed by atoms with Gasteiger partial charge in [0, 0.05) is 17.0 Å². The molecule has 0 saturated carbocycles. The van der Waals surface area contributed by atoms with Gasteiger partial charge in [-0.1, -0.05) is 28.7 Å². The van der Waals surface area contributed by atoms with Crippen LogP contribution in [0.25, 0.3) is 0 Å². The molecule has 0 radical (unpaired) electrons. The summed E-state index contributed by atoms with van der Waals surface area (Å²) in [6.07, 6.45) is 1.95. The first-order valence-electron chi connectivity index (χ1n) is 6.05. The molecule has 1 atom stereocenters. The summed E-state index contributed by atoms with van der Waals surface area (Å²) >= 11 is 2.41. The Morgan fingerprint density at radius 3 is 2.82 bits per heavy atom. The smallest absolute Gasteiger partial charge is 0.149 e. The number of rotatable bonds is 1. The summed E-state index contributed by atoms with van der Waals surface area (Å²) in [6, 6.07) is 4.05. The van der Waals surface area contributed by atoms with E-state index in [1.165, 1.54) is 5.56 Å². The van der Waals surface area contributed by atoms with Crippen molar-refractivity contribution in [2.45, 2.75) is 16.8 Å². The average molecular weight is 347 g/mol. The molecule has 1 aromatic carbocycles. The van der Waals surface area contributed by atoms with Gasteiger partial charge in [0.05, 0.1) is 18.9 Å². The van der Waals surface area contributed by atoms with Gasteiger partial charge in [-0.2, -0.15) is 0 Å². The van der Waals surface area contributed by atoms with Crippen molar-refractivity contribution in [2.24, 2.45) is 0 Å². The minimum absolute atomic E-state index is 0.00330. The number of benzene rings is 1. The van der Waals surface area contributed by atoms with E-state index in [-0.39, 0.29) is 5.82 Å². The monoisotopic (exact) mass is 347 g/mol. The van der Waals surface area contributed by atoms with Crippen LogP contribution in [0, 0.1) is 5.82 Å². The molecule has 1 aliphatic heterocycles. The molecular formula is C13H15FINO. The number of fused-ring (bicyclic) bond motifs is 1. The number of ether oxygens (including phenoxy) is 1. The molecule has 2 aliphatic rings. The molecule has 0 bridgehead atoms. The lowest BCUT2D eigenvalue weighted by atomic mass is 10.1. The predicted molar refractivity (Wildman–Crippen MR) is 74.5 cm³/mol. The second-order valence-corrected chi connectivity index (χ2v) is 6.08. The van der Waals surface area contributed by atoms with Crippen molar-refractivity contribution in [3.05, 3.63) is 29.1 Å².